The van der Waals surface area contributed by atoms with E-state index in [0.717, 1.165) is 31.6 Å². The fourth-order valence-electron chi connectivity index (χ4n) is 4.60. The molecule has 0 radical (unpaired) electrons. The molecular weight excluding hydrogens is 258 g/mol. The molecule has 0 heterocycles. The predicted octanol–water partition coefficient (Wildman–Crippen LogP) is 4.87. The molecule has 1 fully saturated rings. The van der Waals surface area contributed by atoms with Crippen LogP contribution >= 0.6 is 0 Å². The summed E-state index contributed by atoms with van der Waals surface area (Å²) < 4.78 is 5.96. The topological polar surface area (TPSA) is 35.2 Å². The second kappa shape index (κ2) is 5.64. The molecule has 0 amide bonds. The smallest absolute Gasteiger partial charge is 0.124 e. The number of rotatable bonds is 4. The van der Waals surface area contributed by atoms with Gasteiger partial charge < -0.3 is 10.5 Å². The van der Waals surface area contributed by atoms with E-state index in [2.05, 4.69) is 52.8 Å². The lowest BCUT2D eigenvalue weighted by Gasteiger charge is -2.51. The van der Waals surface area contributed by atoms with Crippen LogP contribution in [0.2, 0.25) is 0 Å². The minimum Gasteiger partial charge on any atom is -0.493 e. The van der Waals surface area contributed by atoms with Crippen molar-refractivity contribution in [3.05, 3.63) is 29.8 Å². The van der Waals surface area contributed by atoms with Crippen molar-refractivity contribution in [2.45, 2.75) is 65.8 Å². The second-order valence-corrected chi connectivity index (χ2v) is 8.36. The van der Waals surface area contributed by atoms with Gasteiger partial charge in [-0.3, -0.25) is 0 Å². The molecule has 118 valence electrons. The molecule has 0 saturated heterocycles. The van der Waals surface area contributed by atoms with Crippen LogP contribution in [0.1, 0.15) is 65.9 Å². The minimum atomic E-state index is -0.296. The van der Waals surface area contributed by atoms with Gasteiger partial charge in [-0.15, -0.1) is 0 Å². The van der Waals surface area contributed by atoms with Gasteiger partial charge in [0.25, 0.3) is 0 Å². The number of hydrogen-bond donors (Lipinski definition) is 1. The minimum absolute atomic E-state index is 0.258. The Labute approximate surface area is 130 Å². The third-order valence-corrected chi connectivity index (χ3v) is 4.43. The van der Waals surface area contributed by atoms with E-state index in [-0.39, 0.29) is 16.4 Å². The van der Waals surface area contributed by atoms with Gasteiger partial charge in [-0.05, 0) is 42.6 Å². The Bertz CT molecular complexity index is 474. The zero-order valence-corrected chi connectivity index (χ0v) is 14.3. The van der Waals surface area contributed by atoms with Crippen LogP contribution in [0, 0.1) is 10.8 Å². The van der Waals surface area contributed by atoms with Crippen molar-refractivity contribution >= 4 is 0 Å². The number of nitrogens with two attached hydrogens (primary N) is 1. The van der Waals surface area contributed by atoms with E-state index in [0.29, 0.717) is 0 Å². The summed E-state index contributed by atoms with van der Waals surface area (Å²) in [5, 5.41) is 0. The summed E-state index contributed by atoms with van der Waals surface area (Å²) in [6, 6.07) is 8.34. The van der Waals surface area contributed by atoms with Crippen LogP contribution in [0.25, 0.3) is 0 Å². The van der Waals surface area contributed by atoms with Crippen LogP contribution in [-0.4, -0.2) is 6.61 Å². The zero-order valence-electron chi connectivity index (χ0n) is 14.3. The summed E-state index contributed by atoms with van der Waals surface area (Å²) in [5.41, 5.74) is 8.32. The molecule has 1 aromatic rings. The molecule has 0 spiro atoms. The maximum absolute atomic E-state index is 6.92. The molecule has 2 rings (SSSR count). The average molecular weight is 289 g/mol. The van der Waals surface area contributed by atoms with Crippen molar-refractivity contribution in [2.75, 3.05) is 6.61 Å². The fourth-order valence-corrected chi connectivity index (χ4v) is 4.60. The van der Waals surface area contributed by atoms with Gasteiger partial charge in [-0.1, -0.05) is 52.8 Å². The standard InChI is InChI=1S/C19H31NO/c1-6-11-21-16-10-8-7-9-15(16)19(20)13-17(2,3)12-18(4,5)14-19/h7-10H,6,11-14,20H2,1-5H3. The lowest BCUT2D eigenvalue weighted by Crippen LogP contribution is -2.50. The normalized spacial score (nSPS) is 22.8. The van der Waals surface area contributed by atoms with E-state index >= 15 is 0 Å². The van der Waals surface area contributed by atoms with Gasteiger partial charge in [-0.2, -0.15) is 0 Å². The molecule has 2 N–H and O–H groups in total. The molecule has 2 nitrogen and oxygen atoms in total. The highest BCUT2D eigenvalue weighted by Gasteiger charge is 2.47. The first-order valence-electron chi connectivity index (χ1n) is 8.19. The Balaban J connectivity index is 2.39. The van der Waals surface area contributed by atoms with E-state index in [1.54, 1.807) is 0 Å². The SMILES string of the molecule is CCCOc1ccccc1C1(N)CC(C)(C)CC(C)(C)C1. The molecule has 0 atom stereocenters. The van der Waals surface area contributed by atoms with E-state index in [9.17, 15) is 0 Å². The Hall–Kier alpha value is -1.02. The van der Waals surface area contributed by atoms with Gasteiger partial charge in [0.15, 0.2) is 0 Å². The van der Waals surface area contributed by atoms with Crippen molar-refractivity contribution in [1.82, 2.24) is 0 Å². The molecular formula is C19H31NO. The van der Waals surface area contributed by atoms with Gasteiger partial charge in [0.2, 0.25) is 0 Å². The molecule has 1 aliphatic carbocycles. The first-order valence-corrected chi connectivity index (χ1v) is 8.19. The lowest BCUT2D eigenvalue weighted by atomic mass is 9.57. The van der Waals surface area contributed by atoms with Crippen molar-refractivity contribution in [2.24, 2.45) is 16.6 Å². The maximum atomic E-state index is 6.92. The van der Waals surface area contributed by atoms with Gasteiger partial charge in [-0.25, -0.2) is 0 Å². The number of ether oxygens (including phenoxy) is 1. The van der Waals surface area contributed by atoms with Crippen molar-refractivity contribution in [3.63, 3.8) is 0 Å². The van der Waals surface area contributed by atoms with Crippen molar-refractivity contribution < 1.29 is 4.74 Å². The van der Waals surface area contributed by atoms with E-state index in [1.807, 2.05) is 6.07 Å². The molecule has 0 aliphatic heterocycles. The average Bonchev–Trinajstić information content (AvgIpc) is 2.32. The lowest BCUT2D eigenvalue weighted by molar-refractivity contribution is 0.0456. The highest BCUT2D eigenvalue weighted by atomic mass is 16.5. The molecule has 1 aliphatic rings. The zero-order chi connectivity index (χ0) is 15.7. The molecule has 1 aromatic carbocycles. The maximum Gasteiger partial charge on any atom is 0.124 e. The van der Waals surface area contributed by atoms with E-state index in [4.69, 9.17) is 10.5 Å². The fraction of sp³-hybridized carbons (Fsp3) is 0.684. The number of para-hydroxylation sites is 1. The summed E-state index contributed by atoms with van der Waals surface area (Å²) in [4.78, 5) is 0. The Morgan fingerprint density at radius 2 is 1.57 bits per heavy atom. The van der Waals surface area contributed by atoms with Crippen LogP contribution in [0.15, 0.2) is 24.3 Å². The third-order valence-electron chi connectivity index (χ3n) is 4.43. The van der Waals surface area contributed by atoms with Crippen LogP contribution in [0.5, 0.6) is 5.75 Å². The molecule has 0 unspecified atom stereocenters. The van der Waals surface area contributed by atoms with Crippen molar-refractivity contribution in [1.29, 1.82) is 0 Å². The Morgan fingerprint density at radius 3 is 2.14 bits per heavy atom. The number of hydrogen-bond acceptors (Lipinski definition) is 2. The van der Waals surface area contributed by atoms with Crippen LogP contribution in [0.3, 0.4) is 0 Å². The summed E-state index contributed by atoms with van der Waals surface area (Å²) in [6.07, 6.45) is 4.26. The largest absolute Gasteiger partial charge is 0.493 e. The van der Waals surface area contributed by atoms with Gasteiger partial charge in [0, 0.05) is 11.1 Å². The summed E-state index contributed by atoms with van der Waals surface area (Å²) in [5.74, 6) is 0.968. The van der Waals surface area contributed by atoms with Gasteiger partial charge >= 0.3 is 0 Å². The molecule has 2 heteroatoms. The van der Waals surface area contributed by atoms with Gasteiger partial charge in [0.1, 0.15) is 5.75 Å². The second-order valence-electron chi connectivity index (χ2n) is 8.36. The summed E-state index contributed by atoms with van der Waals surface area (Å²) >= 11 is 0. The number of benzene rings is 1. The monoisotopic (exact) mass is 289 g/mol. The first-order chi connectivity index (χ1) is 9.68. The molecule has 21 heavy (non-hydrogen) atoms. The predicted molar refractivity (Wildman–Crippen MR) is 89.5 cm³/mol. The quantitative estimate of drug-likeness (QED) is 0.858. The first kappa shape index (κ1) is 16.4. The van der Waals surface area contributed by atoms with Crippen molar-refractivity contribution in [3.8, 4) is 5.75 Å². The highest BCUT2D eigenvalue weighted by molar-refractivity contribution is 5.40. The van der Waals surface area contributed by atoms with E-state index in [1.165, 1.54) is 12.0 Å². The summed E-state index contributed by atoms with van der Waals surface area (Å²) in [6.45, 7) is 12.2. The molecule has 0 aromatic heterocycles. The highest BCUT2D eigenvalue weighted by Crippen LogP contribution is 2.53. The molecule has 1 saturated carbocycles. The molecule has 0 bridgehead atoms. The van der Waals surface area contributed by atoms with Gasteiger partial charge in [0.05, 0.1) is 6.61 Å². The third kappa shape index (κ3) is 3.79. The Kier molecular flexibility index (Phi) is 4.39. The van der Waals surface area contributed by atoms with Crippen LogP contribution in [0.4, 0.5) is 0 Å². The Morgan fingerprint density at radius 1 is 1.00 bits per heavy atom. The van der Waals surface area contributed by atoms with E-state index < -0.39 is 0 Å². The van der Waals surface area contributed by atoms with Crippen LogP contribution < -0.4 is 10.5 Å². The van der Waals surface area contributed by atoms with Crippen LogP contribution in [-0.2, 0) is 5.54 Å². The summed E-state index contributed by atoms with van der Waals surface area (Å²) in [7, 11) is 0.